The Balaban J connectivity index is 2.16. The van der Waals surface area contributed by atoms with Gasteiger partial charge < -0.3 is 20.3 Å². The number of unbranched alkanes of at least 4 members (excludes halogenated alkanes) is 3. The number of benzene rings is 1. The van der Waals surface area contributed by atoms with Crippen molar-refractivity contribution in [3.63, 3.8) is 0 Å². The van der Waals surface area contributed by atoms with Gasteiger partial charge in [-0.25, -0.2) is 0 Å². The fraction of sp³-hybridized carbons (Fsp3) is 0.654. The maximum absolute atomic E-state index is 13.3. The number of rotatable bonds is 7. The standard InChI is InChI=1S/C26H41N3O4/c1-3-4-5-11-16-22-25(31)28-23(19-21-14-9-8-10-15-21)26(32)29(2)20-24(30)33-18-13-7-6-12-17-27-22/h8-10,14-15,22-23,27H,3-7,11-13,16-20H2,1-2H3,(H,28,31). The number of carbonyl (C=O) groups is 3. The van der Waals surface area contributed by atoms with Gasteiger partial charge in [-0.2, -0.15) is 0 Å². The van der Waals surface area contributed by atoms with Gasteiger partial charge in [0, 0.05) is 13.5 Å². The third-order valence-corrected chi connectivity index (χ3v) is 6.03. The van der Waals surface area contributed by atoms with Crippen LogP contribution in [-0.2, 0) is 25.5 Å². The summed E-state index contributed by atoms with van der Waals surface area (Å²) in [5, 5.41) is 6.41. The van der Waals surface area contributed by atoms with E-state index < -0.39 is 12.0 Å². The quantitative estimate of drug-likeness (QED) is 0.483. The van der Waals surface area contributed by atoms with Crippen molar-refractivity contribution in [3.05, 3.63) is 35.9 Å². The monoisotopic (exact) mass is 459 g/mol. The molecule has 7 nitrogen and oxygen atoms in total. The van der Waals surface area contributed by atoms with E-state index in [-0.39, 0.29) is 24.4 Å². The topological polar surface area (TPSA) is 87.7 Å². The van der Waals surface area contributed by atoms with E-state index in [0.29, 0.717) is 13.0 Å². The first-order valence-electron chi connectivity index (χ1n) is 12.5. The number of ether oxygens (including phenoxy) is 1. The van der Waals surface area contributed by atoms with Crippen LogP contribution in [0.1, 0.15) is 70.3 Å². The number of likely N-dealkylation sites (N-methyl/N-ethyl adjacent to an activating group) is 1. The molecule has 7 heteroatoms. The molecule has 2 unspecified atom stereocenters. The minimum Gasteiger partial charge on any atom is -0.464 e. The van der Waals surface area contributed by atoms with E-state index in [4.69, 9.17) is 4.74 Å². The number of amides is 2. The number of hydrogen-bond donors (Lipinski definition) is 2. The number of esters is 1. The Morgan fingerprint density at radius 2 is 1.73 bits per heavy atom. The van der Waals surface area contributed by atoms with Crippen LogP contribution >= 0.6 is 0 Å². The zero-order valence-corrected chi connectivity index (χ0v) is 20.3. The molecule has 2 amide bonds. The van der Waals surface area contributed by atoms with Crippen LogP contribution in [0.4, 0.5) is 0 Å². The number of nitrogens with zero attached hydrogens (tertiary/aromatic N) is 1. The zero-order valence-electron chi connectivity index (χ0n) is 20.3. The van der Waals surface area contributed by atoms with Gasteiger partial charge in [-0.1, -0.05) is 75.8 Å². The van der Waals surface area contributed by atoms with Gasteiger partial charge in [-0.05, 0) is 31.4 Å². The first kappa shape index (κ1) is 26.8. The molecule has 0 aromatic heterocycles. The minimum absolute atomic E-state index is 0.126. The van der Waals surface area contributed by atoms with Crippen molar-refractivity contribution in [2.45, 2.75) is 83.2 Å². The summed E-state index contributed by atoms with van der Waals surface area (Å²) in [4.78, 5) is 40.0. The van der Waals surface area contributed by atoms with Crippen molar-refractivity contribution in [2.75, 3.05) is 26.7 Å². The lowest BCUT2D eigenvalue weighted by Crippen LogP contribution is -2.54. The molecule has 1 aliphatic heterocycles. The first-order chi connectivity index (χ1) is 16.0. The van der Waals surface area contributed by atoms with Crippen LogP contribution in [0.5, 0.6) is 0 Å². The molecule has 1 aliphatic rings. The molecule has 2 rings (SSSR count). The molecule has 0 bridgehead atoms. The van der Waals surface area contributed by atoms with E-state index in [0.717, 1.165) is 69.9 Å². The molecule has 1 fully saturated rings. The van der Waals surface area contributed by atoms with Crippen LogP contribution in [0.3, 0.4) is 0 Å². The molecular weight excluding hydrogens is 418 g/mol. The molecule has 1 aromatic rings. The Hall–Kier alpha value is -2.41. The van der Waals surface area contributed by atoms with Crippen LogP contribution < -0.4 is 10.6 Å². The number of cyclic esters (lactones) is 1. The maximum Gasteiger partial charge on any atom is 0.325 e. The minimum atomic E-state index is -0.745. The van der Waals surface area contributed by atoms with Gasteiger partial charge >= 0.3 is 5.97 Å². The van der Waals surface area contributed by atoms with Crippen molar-refractivity contribution < 1.29 is 19.1 Å². The SMILES string of the molecule is CCCCCCC1NCCCCCCOC(=O)CN(C)C(=O)C(Cc2ccccc2)NC1=O. The highest BCUT2D eigenvalue weighted by molar-refractivity contribution is 5.91. The van der Waals surface area contributed by atoms with Gasteiger partial charge in [0.25, 0.3) is 0 Å². The van der Waals surface area contributed by atoms with Crippen molar-refractivity contribution >= 4 is 17.8 Å². The summed E-state index contributed by atoms with van der Waals surface area (Å²) >= 11 is 0. The Kier molecular flexibility index (Phi) is 12.6. The third-order valence-electron chi connectivity index (χ3n) is 6.03. The fourth-order valence-electron chi connectivity index (χ4n) is 4.05. The molecule has 1 heterocycles. The lowest BCUT2D eigenvalue weighted by atomic mass is 10.0. The Bertz CT molecular complexity index is 726. The Morgan fingerprint density at radius 1 is 0.970 bits per heavy atom. The van der Waals surface area contributed by atoms with Gasteiger partial charge in [-0.15, -0.1) is 0 Å². The Morgan fingerprint density at radius 3 is 2.48 bits per heavy atom. The molecule has 0 spiro atoms. The molecule has 0 radical (unpaired) electrons. The Labute approximate surface area is 198 Å². The van der Waals surface area contributed by atoms with E-state index in [9.17, 15) is 14.4 Å². The largest absolute Gasteiger partial charge is 0.464 e. The van der Waals surface area contributed by atoms with Crippen molar-refractivity contribution in [2.24, 2.45) is 0 Å². The predicted molar refractivity (Wildman–Crippen MR) is 130 cm³/mol. The molecule has 0 saturated carbocycles. The second kappa shape index (κ2) is 15.4. The second-order valence-corrected chi connectivity index (χ2v) is 8.94. The van der Waals surface area contributed by atoms with E-state index >= 15 is 0 Å². The van der Waals surface area contributed by atoms with Crippen LogP contribution in [-0.4, -0.2) is 61.5 Å². The third kappa shape index (κ3) is 10.4. The lowest BCUT2D eigenvalue weighted by Gasteiger charge is -2.27. The highest BCUT2D eigenvalue weighted by Gasteiger charge is 2.28. The van der Waals surface area contributed by atoms with Crippen LogP contribution in [0, 0.1) is 0 Å². The molecular formula is C26H41N3O4. The second-order valence-electron chi connectivity index (χ2n) is 8.94. The predicted octanol–water partition coefficient (Wildman–Crippen LogP) is 3.22. The average Bonchev–Trinajstić information content (AvgIpc) is 2.81. The number of hydrogen-bond acceptors (Lipinski definition) is 5. The van der Waals surface area contributed by atoms with Gasteiger partial charge in [0.2, 0.25) is 11.8 Å². The van der Waals surface area contributed by atoms with Crippen LogP contribution in [0.25, 0.3) is 0 Å². The number of nitrogens with one attached hydrogen (secondary N) is 2. The summed E-state index contributed by atoms with van der Waals surface area (Å²) in [6.45, 7) is 3.17. The highest BCUT2D eigenvalue weighted by Crippen LogP contribution is 2.10. The summed E-state index contributed by atoms with van der Waals surface area (Å²) in [5.74, 6) is -0.858. The molecule has 1 aromatic carbocycles. The zero-order chi connectivity index (χ0) is 23.9. The molecule has 2 atom stereocenters. The van der Waals surface area contributed by atoms with Crippen LogP contribution in [0.2, 0.25) is 0 Å². The molecule has 2 N–H and O–H groups in total. The summed E-state index contributed by atoms with van der Waals surface area (Å²) in [5.41, 5.74) is 0.953. The fourth-order valence-corrected chi connectivity index (χ4v) is 4.05. The normalized spacial score (nSPS) is 22.0. The van der Waals surface area contributed by atoms with Gasteiger partial charge in [0.05, 0.1) is 12.6 Å². The summed E-state index contributed by atoms with van der Waals surface area (Å²) in [6.07, 6.45) is 9.24. The molecule has 1 saturated heterocycles. The van der Waals surface area contributed by atoms with E-state index in [1.165, 1.54) is 4.90 Å². The van der Waals surface area contributed by atoms with E-state index in [1.807, 2.05) is 30.3 Å². The summed E-state index contributed by atoms with van der Waals surface area (Å²) in [7, 11) is 1.58. The van der Waals surface area contributed by atoms with Crippen molar-refractivity contribution in [1.82, 2.24) is 15.5 Å². The van der Waals surface area contributed by atoms with Crippen LogP contribution in [0.15, 0.2) is 30.3 Å². The van der Waals surface area contributed by atoms with E-state index in [2.05, 4.69) is 17.6 Å². The smallest absolute Gasteiger partial charge is 0.325 e. The average molecular weight is 460 g/mol. The highest BCUT2D eigenvalue weighted by atomic mass is 16.5. The summed E-state index contributed by atoms with van der Waals surface area (Å²) < 4.78 is 5.28. The van der Waals surface area contributed by atoms with Gasteiger partial charge in [-0.3, -0.25) is 14.4 Å². The number of carbonyl (C=O) groups excluding carboxylic acids is 3. The van der Waals surface area contributed by atoms with Gasteiger partial charge in [0.1, 0.15) is 12.6 Å². The van der Waals surface area contributed by atoms with Crippen molar-refractivity contribution in [1.29, 1.82) is 0 Å². The maximum atomic E-state index is 13.3. The van der Waals surface area contributed by atoms with E-state index in [1.54, 1.807) is 7.05 Å². The van der Waals surface area contributed by atoms with Crippen molar-refractivity contribution in [3.8, 4) is 0 Å². The molecule has 0 aliphatic carbocycles. The molecule has 33 heavy (non-hydrogen) atoms. The summed E-state index contributed by atoms with van der Waals surface area (Å²) in [6, 6.07) is 8.55. The van der Waals surface area contributed by atoms with Gasteiger partial charge in [0.15, 0.2) is 0 Å². The lowest BCUT2D eigenvalue weighted by molar-refractivity contribution is -0.149. The molecule has 184 valence electrons. The first-order valence-corrected chi connectivity index (χ1v) is 12.5.